The number of hydrogen-bond donors (Lipinski definition) is 0. The van der Waals surface area contributed by atoms with Crippen molar-refractivity contribution in [3.63, 3.8) is 0 Å². The SMILES string of the molecule is COc1cc(C)c(C)cc1OC(=O)N1CCN(C)C[C@H]1C. The Bertz CT molecular complexity index is 530. The van der Waals surface area contributed by atoms with Gasteiger partial charge in [-0.3, -0.25) is 0 Å². The zero-order valence-electron chi connectivity index (χ0n) is 13.5. The lowest BCUT2D eigenvalue weighted by Gasteiger charge is -2.37. The number of nitrogens with zero attached hydrogens (tertiary/aromatic N) is 2. The van der Waals surface area contributed by atoms with Crippen LogP contribution < -0.4 is 9.47 Å². The summed E-state index contributed by atoms with van der Waals surface area (Å²) in [6, 6.07) is 3.90. The molecule has 0 aliphatic carbocycles. The van der Waals surface area contributed by atoms with E-state index in [-0.39, 0.29) is 12.1 Å². The minimum atomic E-state index is -0.308. The summed E-state index contributed by atoms with van der Waals surface area (Å²) in [6.07, 6.45) is -0.308. The van der Waals surface area contributed by atoms with Gasteiger partial charge in [-0.15, -0.1) is 0 Å². The molecule has 1 fully saturated rings. The van der Waals surface area contributed by atoms with Crippen LogP contribution in [0.2, 0.25) is 0 Å². The largest absolute Gasteiger partial charge is 0.493 e. The Kier molecular flexibility index (Phi) is 4.73. The molecular weight excluding hydrogens is 268 g/mol. The highest BCUT2D eigenvalue weighted by molar-refractivity contribution is 5.72. The molecule has 5 nitrogen and oxygen atoms in total. The van der Waals surface area contributed by atoms with Crippen molar-refractivity contribution in [1.82, 2.24) is 9.80 Å². The van der Waals surface area contributed by atoms with Crippen LogP contribution in [0.4, 0.5) is 4.79 Å². The smallest absolute Gasteiger partial charge is 0.415 e. The molecule has 116 valence electrons. The number of amides is 1. The fraction of sp³-hybridized carbons (Fsp3) is 0.562. The van der Waals surface area contributed by atoms with Crippen LogP contribution in [-0.2, 0) is 0 Å². The molecule has 2 rings (SSSR count). The molecule has 1 aliphatic heterocycles. The lowest BCUT2D eigenvalue weighted by atomic mass is 10.1. The van der Waals surface area contributed by atoms with E-state index >= 15 is 0 Å². The summed E-state index contributed by atoms with van der Waals surface area (Å²) in [5.74, 6) is 1.07. The van der Waals surface area contributed by atoms with E-state index in [4.69, 9.17) is 9.47 Å². The number of ether oxygens (including phenoxy) is 2. The summed E-state index contributed by atoms with van der Waals surface area (Å²) in [5, 5.41) is 0. The number of benzene rings is 1. The number of carbonyl (C=O) groups is 1. The minimum Gasteiger partial charge on any atom is -0.493 e. The average Bonchev–Trinajstić information content (AvgIpc) is 2.42. The standard InChI is InChI=1S/C16H24N2O3/c1-11-8-14(20-5)15(9-12(11)2)21-16(19)18-7-6-17(4)10-13(18)3/h8-9,13H,6-7,10H2,1-5H3/t13-/m1/s1. The Morgan fingerprint density at radius 3 is 2.38 bits per heavy atom. The molecule has 0 N–H and O–H groups in total. The minimum absolute atomic E-state index is 0.147. The number of aryl methyl sites for hydroxylation is 2. The zero-order valence-corrected chi connectivity index (χ0v) is 13.5. The van der Waals surface area contributed by atoms with Crippen molar-refractivity contribution in [1.29, 1.82) is 0 Å². The Balaban J connectivity index is 2.14. The van der Waals surface area contributed by atoms with Crippen LogP contribution in [-0.4, -0.2) is 55.7 Å². The van der Waals surface area contributed by atoms with Crippen molar-refractivity contribution in [3.8, 4) is 11.5 Å². The molecule has 1 aromatic rings. The molecule has 1 aliphatic rings. The van der Waals surface area contributed by atoms with Crippen LogP contribution >= 0.6 is 0 Å². The van der Waals surface area contributed by atoms with Crippen LogP contribution in [0.1, 0.15) is 18.1 Å². The van der Waals surface area contributed by atoms with Gasteiger partial charge in [0, 0.05) is 25.7 Å². The molecular formula is C16H24N2O3. The van der Waals surface area contributed by atoms with Crippen LogP contribution in [0, 0.1) is 13.8 Å². The quantitative estimate of drug-likeness (QED) is 0.839. The summed E-state index contributed by atoms with van der Waals surface area (Å²) < 4.78 is 10.9. The zero-order chi connectivity index (χ0) is 15.6. The van der Waals surface area contributed by atoms with Crippen molar-refractivity contribution < 1.29 is 14.3 Å². The number of methoxy groups -OCH3 is 1. The fourth-order valence-electron chi connectivity index (χ4n) is 2.57. The maximum absolute atomic E-state index is 12.4. The lowest BCUT2D eigenvalue weighted by Crippen LogP contribution is -2.53. The number of likely N-dealkylation sites (N-methyl/N-ethyl adjacent to an activating group) is 1. The van der Waals surface area contributed by atoms with Gasteiger partial charge in [0.25, 0.3) is 0 Å². The highest BCUT2D eigenvalue weighted by Gasteiger charge is 2.27. The Hall–Kier alpha value is -1.75. The van der Waals surface area contributed by atoms with Gasteiger partial charge in [-0.2, -0.15) is 0 Å². The molecule has 0 radical (unpaired) electrons. The molecule has 21 heavy (non-hydrogen) atoms. The monoisotopic (exact) mass is 292 g/mol. The fourth-order valence-corrected chi connectivity index (χ4v) is 2.57. The second kappa shape index (κ2) is 6.35. The van der Waals surface area contributed by atoms with Crippen molar-refractivity contribution in [2.75, 3.05) is 33.8 Å². The number of rotatable bonds is 2. The molecule has 1 heterocycles. The molecule has 0 unspecified atom stereocenters. The molecule has 1 saturated heterocycles. The molecule has 5 heteroatoms. The van der Waals surface area contributed by atoms with Crippen LogP contribution in [0.25, 0.3) is 0 Å². The summed E-state index contributed by atoms with van der Waals surface area (Å²) in [7, 11) is 3.64. The highest BCUT2D eigenvalue weighted by atomic mass is 16.6. The van der Waals surface area contributed by atoms with Gasteiger partial charge in [0.15, 0.2) is 11.5 Å². The molecule has 0 bridgehead atoms. The molecule has 0 saturated carbocycles. The number of hydrogen-bond acceptors (Lipinski definition) is 4. The van der Waals surface area contributed by atoms with Crippen molar-refractivity contribution in [2.24, 2.45) is 0 Å². The van der Waals surface area contributed by atoms with E-state index < -0.39 is 0 Å². The first-order chi connectivity index (χ1) is 9.92. The molecule has 1 atom stereocenters. The van der Waals surface area contributed by atoms with E-state index in [1.807, 2.05) is 32.9 Å². The first kappa shape index (κ1) is 15.6. The highest BCUT2D eigenvalue weighted by Crippen LogP contribution is 2.31. The van der Waals surface area contributed by atoms with E-state index in [1.165, 1.54) is 0 Å². The molecule has 1 amide bonds. The average molecular weight is 292 g/mol. The maximum Gasteiger partial charge on any atom is 0.415 e. The van der Waals surface area contributed by atoms with Gasteiger partial charge >= 0.3 is 6.09 Å². The van der Waals surface area contributed by atoms with Gasteiger partial charge in [-0.1, -0.05) is 0 Å². The van der Waals surface area contributed by atoms with Crippen molar-refractivity contribution >= 4 is 6.09 Å². The second-order valence-electron chi connectivity index (χ2n) is 5.76. The van der Waals surface area contributed by atoms with Gasteiger partial charge in [0.2, 0.25) is 0 Å². The van der Waals surface area contributed by atoms with E-state index in [9.17, 15) is 4.79 Å². The van der Waals surface area contributed by atoms with E-state index in [0.29, 0.717) is 18.0 Å². The third-order valence-corrected chi connectivity index (χ3v) is 4.04. The summed E-state index contributed by atoms with van der Waals surface area (Å²) in [5.41, 5.74) is 2.18. The first-order valence-corrected chi connectivity index (χ1v) is 7.24. The predicted molar refractivity (Wildman–Crippen MR) is 82.2 cm³/mol. The van der Waals surface area contributed by atoms with Crippen molar-refractivity contribution in [3.05, 3.63) is 23.3 Å². The summed E-state index contributed by atoms with van der Waals surface area (Å²) in [4.78, 5) is 16.4. The van der Waals surface area contributed by atoms with E-state index in [2.05, 4.69) is 11.9 Å². The third-order valence-electron chi connectivity index (χ3n) is 4.04. The Labute approximate surface area is 126 Å². The Morgan fingerprint density at radius 1 is 1.19 bits per heavy atom. The van der Waals surface area contributed by atoms with Gasteiger partial charge in [-0.05, 0) is 51.1 Å². The van der Waals surface area contributed by atoms with E-state index in [1.54, 1.807) is 12.0 Å². The predicted octanol–water partition coefficient (Wildman–Crippen LogP) is 2.45. The molecule has 0 aromatic heterocycles. The van der Waals surface area contributed by atoms with Gasteiger partial charge in [0.1, 0.15) is 0 Å². The van der Waals surface area contributed by atoms with E-state index in [0.717, 1.165) is 24.2 Å². The molecule has 1 aromatic carbocycles. The second-order valence-corrected chi connectivity index (χ2v) is 5.76. The third kappa shape index (κ3) is 3.47. The number of piperazine rings is 1. The summed E-state index contributed by atoms with van der Waals surface area (Å²) >= 11 is 0. The van der Waals surface area contributed by atoms with Crippen LogP contribution in [0.15, 0.2) is 12.1 Å². The van der Waals surface area contributed by atoms with Gasteiger partial charge in [0.05, 0.1) is 7.11 Å². The normalized spacial score (nSPS) is 19.5. The number of carbonyl (C=O) groups excluding carboxylic acids is 1. The van der Waals surface area contributed by atoms with Crippen LogP contribution in [0.3, 0.4) is 0 Å². The van der Waals surface area contributed by atoms with Gasteiger partial charge < -0.3 is 19.3 Å². The van der Waals surface area contributed by atoms with Crippen LogP contribution in [0.5, 0.6) is 11.5 Å². The van der Waals surface area contributed by atoms with Crippen molar-refractivity contribution in [2.45, 2.75) is 26.8 Å². The van der Waals surface area contributed by atoms with Gasteiger partial charge in [-0.25, -0.2) is 4.79 Å². The maximum atomic E-state index is 12.4. The topological polar surface area (TPSA) is 42.0 Å². The lowest BCUT2D eigenvalue weighted by molar-refractivity contribution is 0.0885. The summed E-state index contributed by atoms with van der Waals surface area (Å²) in [6.45, 7) is 8.44. The first-order valence-electron chi connectivity index (χ1n) is 7.24. The Morgan fingerprint density at radius 2 is 1.81 bits per heavy atom. The molecule has 0 spiro atoms.